The second kappa shape index (κ2) is 5.14. The predicted molar refractivity (Wildman–Crippen MR) is 92.3 cm³/mol. The number of aliphatic hydroxyl groups excluding tert-OH is 1. The third kappa shape index (κ3) is 1.94. The lowest BCUT2D eigenvalue weighted by atomic mass is 9.52. The van der Waals surface area contributed by atoms with Gasteiger partial charge in [-0.1, -0.05) is 23.6 Å². The normalized spacial score (nSPS) is 44.6. The SMILES string of the molecule is CC(=O)[C@@]1(C)C2=C(C[C@H]1O)[C@@H]1CCC3=CC(=O)CC[C@]3(C)[C@H]1CC2. The van der Waals surface area contributed by atoms with E-state index in [2.05, 4.69) is 6.92 Å². The number of aliphatic hydroxyl groups is 1. The van der Waals surface area contributed by atoms with Gasteiger partial charge in [0.2, 0.25) is 0 Å². The van der Waals surface area contributed by atoms with E-state index in [1.807, 2.05) is 13.0 Å². The molecule has 0 aromatic heterocycles. The first-order valence-electron chi connectivity index (χ1n) is 9.44. The van der Waals surface area contributed by atoms with Crippen LogP contribution < -0.4 is 0 Å². The number of allylic oxidation sites excluding steroid dienone is 2. The number of carbonyl (C=O) groups excluding carboxylic acids is 2. The summed E-state index contributed by atoms with van der Waals surface area (Å²) in [6.07, 6.45) is 7.74. The van der Waals surface area contributed by atoms with Gasteiger partial charge in [-0.05, 0) is 75.7 Å². The number of carbonyl (C=O) groups is 2. The molecule has 130 valence electrons. The van der Waals surface area contributed by atoms with Gasteiger partial charge in [-0.2, -0.15) is 0 Å². The van der Waals surface area contributed by atoms with Gasteiger partial charge in [0.05, 0.1) is 11.5 Å². The lowest BCUT2D eigenvalue weighted by molar-refractivity contribution is -0.128. The molecule has 0 saturated heterocycles. The summed E-state index contributed by atoms with van der Waals surface area (Å²) in [7, 11) is 0. The average molecular weight is 328 g/mol. The number of fused-ring (bicyclic) bond motifs is 4. The molecule has 0 radical (unpaired) electrons. The molecule has 4 aliphatic carbocycles. The number of ketones is 2. The lowest BCUT2D eigenvalue weighted by Gasteiger charge is -2.52. The molecule has 1 saturated carbocycles. The molecular weight excluding hydrogens is 300 g/mol. The van der Waals surface area contributed by atoms with Gasteiger partial charge in [-0.25, -0.2) is 0 Å². The maximum absolute atomic E-state index is 12.3. The largest absolute Gasteiger partial charge is 0.391 e. The fourth-order valence-electron chi connectivity index (χ4n) is 6.26. The predicted octanol–water partition coefficient (Wildman–Crippen LogP) is 3.76. The molecule has 4 aliphatic rings. The highest BCUT2D eigenvalue weighted by molar-refractivity contribution is 5.91. The molecule has 0 amide bonds. The molecule has 0 bridgehead atoms. The van der Waals surface area contributed by atoms with Crippen molar-refractivity contribution in [1.29, 1.82) is 0 Å². The van der Waals surface area contributed by atoms with Crippen molar-refractivity contribution >= 4 is 11.6 Å². The minimum atomic E-state index is -0.667. The van der Waals surface area contributed by atoms with Crippen LogP contribution in [0.2, 0.25) is 0 Å². The van der Waals surface area contributed by atoms with E-state index >= 15 is 0 Å². The van der Waals surface area contributed by atoms with Gasteiger partial charge in [-0.15, -0.1) is 0 Å². The zero-order valence-corrected chi connectivity index (χ0v) is 15.0. The molecule has 0 unspecified atom stereocenters. The van der Waals surface area contributed by atoms with Gasteiger partial charge in [0, 0.05) is 6.42 Å². The van der Waals surface area contributed by atoms with Crippen LogP contribution in [0.25, 0.3) is 0 Å². The van der Waals surface area contributed by atoms with E-state index in [0.717, 1.165) is 32.1 Å². The van der Waals surface area contributed by atoms with E-state index in [0.29, 0.717) is 24.7 Å². The Kier molecular flexibility index (Phi) is 3.48. The second-order valence-corrected chi connectivity index (χ2v) is 8.83. The lowest BCUT2D eigenvalue weighted by Crippen LogP contribution is -2.44. The fraction of sp³-hybridized carbons (Fsp3) is 0.714. The first-order valence-corrected chi connectivity index (χ1v) is 9.44. The van der Waals surface area contributed by atoms with Crippen LogP contribution in [-0.4, -0.2) is 22.8 Å². The van der Waals surface area contributed by atoms with Crippen LogP contribution in [0, 0.1) is 22.7 Å². The first kappa shape index (κ1) is 16.3. The molecule has 0 aliphatic heterocycles. The molecular formula is C21H28O3. The molecule has 0 aromatic carbocycles. The first-order chi connectivity index (χ1) is 11.3. The van der Waals surface area contributed by atoms with Crippen molar-refractivity contribution in [1.82, 2.24) is 0 Å². The molecule has 1 fully saturated rings. The van der Waals surface area contributed by atoms with Crippen LogP contribution in [0.15, 0.2) is 22.8 Å². The van der Waals surface area contributed by atoms with Crippen molar-refractivity contribution in [2.75, 3.05) is 0 Å². The molecule has 1 N–H and O–H groups in total. The van der Waals surface area contributed by atoms with Gasteiger partial charge in [-0.3, -0.25) is 9.59 Å². The quantitative estimate of drug-likeness (QED) is 0.746. The van der Waals surface area contributed by atoms with E-state index in [1.54, 1.807) is 6.92 Å². The summed E-state index contributed by atoms with van der Waals surface area (Å²) in [5.74, 6) is 1.44. The standard InChI is InChI=1S/C21H28O3/c1-12(22)21(3)18-7-6-17-15(16(18)11-19(21)24)5-4-13-10-14(23)8-9-20(13,17)2/h10,15,17,19,24H,4-9,11H2,1-3H3/t15-,17-,19+,20-,21-/m0/s1. The molecule has 0 aromatic rings. The fourth-order valence-corrected chi connectivity index (χ4v) is 6.26. The topological polar surface area (TPSA) is 54.4 Å². The van der Waals surface area contributed by atoms with Gasteiger partial charge in [0.15, 0.2) is 5.78 Å². The van der Waals surface area contributed by atoms with Gasteiger partial charge < -0.3 is 5.11 Å². The van der Waals surface area contributed by atoms with E-state index < -0.39 is 11.5 Å². The summed E-state index contributed by atoms with van der Waals surface area (Å²) in [6, 6.07) is 0. The van der Waals surface area contributed by atoms with Crippen LogP contribution in [0.1, 0.15) is 65.7 Å². The van der Waals surface area contributed by atoms with Crippen molar-refractivity contribution in [3.8, 4) is 0 Å². The number of hydrogen-bond acceptors (Lipinski definition) is 3. The summed E-state index contributed by atoms with van der Waals surface area (Å²) < 4.78 is 0. The molecule has 3 nitrogen and oxygen atoms in total. The Bertz CT molecular complexity index is 685. The Balaban J connectivity index is 1.75. The van der Waals surface area contributed by atoms with Gasteiger partial charge in [0.25, 0.3) is 0 Å². The molecule has 3 heteroatoms. The Labute approximate surface area is 144 Å². The van der Waals surface area contributed by atoms with Crippen molar-refractivity contribution in [2.24, 2.45) is 22.7 Å². The molecule has 5 atom stereocenters. The maximum Gasteiger partial charge on any atom is 0.155 e. The Morgan fingerprint density at radius 1 is 1.21 bits per heavy atom. The van der Waals surface area contributed by atoms with Crippen molar-refractivity contribution in [3.05, 3.63) is 22.8 Å². The Hall–Kier alpha value is -1.22. The summed E-state index contributed by atoms with van der Waals surface area (Å²) in [5.41, 5.74) is 3.45. The molecule has 0 heterocycles. The molecule has 4 rings (SSSR count). The Morgan fingerprint density at radius 2 is 1.96 bits per heavy atom. The number of hydrogen-bond donors (Lipinski definition) is 1. The highest BCUT2D eigenvalue weighted by Gasteiger charge is 2.55. The number of rotatable bonds is 1. The summed E-state index contributed by atoms with van der Waals surface area (Å²) in [4.78, 5) is 24.1. The highest BCUT2D eigenvalue weighted by atomic mass is 16.3. The van der Waals surface area contributed by atoms with Crippen LogP contribution in [-0.2, 0) is 9.59 Å². The summed E-state index contributed by atoms with van der Waals surface area (Å²) >= 11 is 0. The zero-order chi connectivity index (χ0) is 17.3. The minimum absolute atomic E-state index is 0.101. The van der Waals surface area contributed by atoms with E-state index in [1.165, 1.54) is 16.7 Å². The molecule has 24 heavy (non-hydrogen) atoms. The van der Waals surface area contributed by atoms with Crippen LogP contribution in [0.3, 0.4) is 0 Å². The van der Waals surface area contributed by atoms with Crippen molar-refractivity contribution in [3.63, 3.8) is 0 Å². The van der Waals surface area contributed by atoms with Gasteiger partial charge >= 0.3 is 0 Å². The van der Waals surface area contributed by atoms with E-state index in [-0.39, 0.29) is 17.0 Å². The van der Waals surface area contributed by atoms with E-state index in [9.17, 15) is 14.7 Å². The third-order valence-corrected chi connectivity index (χ3v) is 7.97. The minimum Gasteiger partial charge on any atom is -0.391 e. The van der Waals surface area contributed by atoms with E-state index in [4.69, 9.17) is 0 Å². The van der Waals surface area contributed by atoms with Crippen LogP contribution in [0.4, 0.5) is 0 Å². The van der Waals surface area contributed by atoms with Crippen molar-refractivity contribution < 1.29 is 14.7 Å². The summed E-state index contributed by atoms with van der Waals surface area (Å²) in [5, 5.41) is 10.7. The monoisotopic (exact) mass is 328 g/mol. The summed E-state index contributed by atoms with van der Waals surface area (Å²) in [6.45, 7) is 5.92. The van der Waals surface area contributed by atoms with Gasteiger partial charge in [0.1, 0.15) is 5.78 Å². The number of Topliss-reactive ketones (excluding diaryl/α,β-unsaturated/α-hetero) is 1. The average Bonchev–Trinajstić information content (AvgIpc) is 2.81. The third-order valence-electron chi connectivity index (χ3n) is 7.97. The smallest absolute Gasteiger partial charge is 0.155 e. The highest BCUT2D eigenvalue weighted by Crippen LogP contribution is 2.62. The zero-order valence-electron chi connectivity index (χ0n) is 15.0. The molecule has 0 spiro atoms. The Morgan fingerprint density at radius 3 is 2.67 bits per heavy atom. The van der Waals surface area contributed by atoms with Crippen LogP contribution in [0.5, 0.6) is 0 Å². The van der Waals surface area contributed by atoms with Crippen LogP contribution >= 0.6 is 0 Å². The van der Waals surface area contributed by atoms with Crippen molar-refractivity contribution in [2.45, 2.75) is 71.8 Å². The maximum atomic E-state index is 12.3. The second-order valence-electron chi connectivity index (χ2n) is 8.83.